The summed E-state index contributed by atoms with van der Waals surface area (Å²) in [6.45, 7) is 7.37. The number of nitrogens with zero attached hydrogens (tertiary/aromatic N) is 3. The smallest absolute Gasteiger partial charge is 0.157 e. The SMILES string of the molecule is CC(C)n1ncc2cc(CNCC3CNCC3O)cnc21. The van der Waals surface area contributed by atoms with Crippen molar-refractivity contribution in [3.63, 3.8) is 0 Å². The van der Waals surface area contributed by atoms with Crippen LogP contribution in [0.5, 0.6) is 0 Å². The van der Waals surface area contributed by atoms with Crippen molar-refractivity contribution in [2.24, 2.45) is 5.92 Å². The third-order valence-electron chi connectivity index (χ3n) is 4.02. The second-order valence-corrected chi connectivity index (χ2v) is 6.06. The van der Waals surface area contributed by atoms with Crippen LogP contribution in [-0.2, 0) is 6.54 Å². The van der Waals surface area contributed by atoms with E-state index in [4.69, 9.17) is 0 Å². The van der Waals surface area contributed by atoms with Gasteiger partial charge in [-0.05, 0) is 25.5 Å². The summed E-state index contributed by atoms with van der Waals surface area (Å²) in [6.07, 6.45) is 3.54. The molecule has 3 heterocycles. The van der Waals surface area contributed by atoms with Gasteiger partial charge < -0.3 is 15.7 Å². The molecular formula is C15H23N5O. The molecule has 0 saturated carbocycles. The van der Waals surface area contributed by atoms with E-state index in [9.17, 15) is 5.11 Å². The molecule has 0 bridgehead atoms. The van der Waals surface area contributed by atoms with Crippen LogP contribution in [0.4, 0.5) is 0 Å². The van der Waals surface area contributed by atoms with Gasteiger partial charge in [-0.3, -0.25) is 0 Å². The number of aliphatic hydroxyl groups is 1. The molecule has 2 atom stereocenters. The van der Waals surface area contributed by atoms with Crippen molar-refractivity contribution in [2.75, 3.05) is 19.6 Å². The second kappa shape index (κ2) is 6.09. The van der Waals surface area contributed by atoms with E-state index >= 15 is 0 Å². The molecule has 2 unspecified atom stereocenters. The number of fused-ring (bicyclic) bond motifs is 1. The summed E-state index contributed by atoms with van der Waals surface area (Å²) >= 11 is 0. The van der Waals surface area contributed by atoms with Gasteiger partial charge in [0.15, 0.2) is 5.65 Å². The Morgan fingerprint density at radius 3 is 3.00 bits per heavy atom. The summed E-state index contributed by atoms with van der Waals surface area (Å²) in [5, 5.41) is 21.8. The molecule has 0 amide bonds. The molecule has 1 saturated heterocycles. The molecule has 2 aromatic heterocycles. The Balaban J connectivity index is 1.62. The van der Waals surface area contributed by atoms with Crippen molar-refractivity contribution in [3.8, 4) is 0 Å². The van der Waals surface area contributed by atoms with Crippen LogP contribution < -0.4 is 10.6 Å². The van der Waals surface area contributed by atoms with E-state index in [0.717, 1.165) is 36.2 Å². The average Bonchev–Trinajstić information content (AvgIpc) is 3.05. The molecule has 0 aromatic carbocycles. The highest BCUT2D eigenvalue weighted by Gasteiger charge is 2.24. The van der Waals surface area contributed by atoms with E-state index in [2.05, 4.69) is 40.6 Å². The summed E-state index contributed by atoms with van der Waals surface area (Å²) in [7, 11) is 0. The fourth-order valence-electron chi connectivity index (χ4n) is 2.79. The zero-order valence-corrected chi connectivity index (χ0v) is 12.6. The van der Waals surface area contributed by atoms with Gasteiger partial charge in [0.05, 0.1) is 12.3 Å². The Morgan fingerprint density at radius 1 is 1.43 bits per heavy atom. The maximum atomic E-state index is 9.76. The van der Waals surface area contributed by atoms with Crippen LogP contribution in [-0.4, -0.2) is 45.6 Å². The minimum absolute atomic E-state index is 0.234. The Hall–Kier alpha value is -1.50. The highest BCUT2D eigenvalue weighted by atomic mass is 16.3. The number of hydrogen-bond acceptors (Lipinski definition) is 5. The van der Waals surface area contributed by atoms with Crippen LogP contribution in [0, 0.1) is 5.92 Å². The van der Waals surface area contributed by atoms with Gasteiger partial charge in [-0.25, -0.2) is 9.67 Å². The lowest BCUT2D eigenvalue weighted by atomic mass is 10.1. The van der Waals surface area contributed by atoms with E-state index in [1.807, 2.05) is 17.1 Å². The van der Waals surface area contributed by atoms with E-state index in [1.54, 1.807) is 0 Å². The monoisotopic (exact) mass is 289 g/mol. The highest BCUT2D eigenvalue weighted by Crippen LogP contribution is 2.16. The summed E-state index contributed by atoms with van der Waals surface area (Å²) < 4.78 is 1.94. The first-order chi connectivity index (χ1) is 10.1. The molecule has 6 heteroatoms. The summed E-state index contributed by atoms with van der Waals surface area (Å²) in [5.41, 5.74) is 2.08. The van der Waals surface area contributed by atoms with E-state index < -0.39 is 0 Å². The predicted octanol–water partition coefficient (Wildman–Crippen LogP) is 0.682. The Morgan fingerprint density at radius 2 is 2.29 bits per heavy atom. The van der Waals surface area contributed by atoms with E-state index in [1.165, 1.54) is 0 Å². The lowest BCUT2D eigenvalue weighted by molar-refractivity contribution is 0.146. The Labute approximate surface area is 124 Å². The van der Waals surface area contributed by atoms with Crippen LogP contribution in [0.25, 0.3) is 11.0 Å². The Kier molecular flexibility index (Phi) is 4.19. The summed E-state index contributed by atoms with van der Waals surface area (Å²) in [5.74, 6) is 0.297. The largest absolute Gasteiger partial charge is 0.391 e. The number of rotatable bonds is 5. The van der Waals surface area contributed by atoms with Crippen LogP contribution >= 0.6 is 0 Å². The molecule has 0 aliphatic carbocycles. The van der Waals surface area contributed by atoms with Gasteiger partial charge in [-0.1, -0.05) is 0 Å². The minimum Gasteiger partial charge on any atom is -0.391 e. The molecule has 6 nitrogen and oxygen atoms in total. The van der Waals surface area contributed by atoms with Crippen molar-refractivity contribution < 1.29 is 5.11 Å². The summed E-state index contributed by atoms with van der Waals surface area (Å²) in [6, 6.07) is 2.44. The summed E-state index contributed by atoms with van der Waals surface area (Å²) in [4.78, 5) is 4.53. The lowest BCUT2D eigenvalue weighted by Gasteiger charge is -2.14. The van der Waals surface area contributed by atoms with Crippen LogP contribution in [0.15, 0.2) is 18.5 Å². The van der Waals surface area contributed by atoms with Crippen LogP contribution in [0.3, 0.4) is 0 Å². The number of hydrogen-bond donors (Lipinski definition) is 3. The molecule has 0 radical (unpaired) electrons. The van der Waals surface area contributed by atoms with Crippen molar-refractivity contribution >= 4 is 11.0 Å². The number of β-amino-alcohol motifs (C(OH)–C–C–N with tert-alkyl or cyclic N) is 1. The Bertz CT molecular complexity index is 609. The van der Waals surface area contributed by atoms with Crippen molar-refractivity contribution in [2.45, 2.75) is 32.5 Å². The lowest BCUT2D eigenvalue weighted by Crippen LogP contribution is -2.30. The third-order valence-corrected chi connectivity index (χ3v) is 4.02. The third kappa shape index (κ3) is 3.07. The number of nitrogens with one attached hydrogen (secondary N) is 2. The van der Waals surface area contributed by atoms with Gasteiger partial charge in [0.1, 0.15) is 0 Å². The molecule has 3 rings (SSSR count). The standard InChI is InChI=1S/C15H23N5O/c1-10(2)20-15-12(8-19-20)3-11(5-18-15)4-16-6-13-7-17-9-14(13)21/h3,5,8,10,13-14,16-17,21H,4,6-7,9H2,1-2H3. The molecule has 1 aliphatic rings. The first-order valence-corrected chi connectivity index (χ1v) is 7.57. The van der Waals surface area contributed by atoms with Crippen molar-refractivity contribution in [3.05, 3.63) is 24.0 Å². The van der Waals surface area contributed by atoms with Crippen molar-refractivity contribution in [1.82, 2.24) is 25.4 Å². The fraction of sp³-hybridized carbons (Fsp3) is 0.600. The van der Waals surface area contributed by atoms with Gasteiger partial charge in [-0.15, -0.1) is 0 Å². The van der Waals surface area contributed by atoms with E-state index in [-0.39, 0.29) is 6.10 Å². The molecule has 1 aliphatic heterocycles. The normalized spacial score (nSPS) is 22.5. The van der Waals surface area contributed by atoms with Gasteiger partial charge in [0.2, 0.25) is 0 Å². The first kappa shape index (κ1) is 14.4. The number of aliphatic hydroxyl groups excluding tert-OH is 1. The minimum atomic E-state index is -0.234. The molecule has 114 valence electrons. The molecule has 0 spiro atoms. The zero-order chi connectivity index (χ0) is 14.8. The second-order valence-electron chi connectivity index (χ2n) is 6.06. The van der Waals surface area contributed by atoms with Gasteiger partial charge in [0, 0.05) is 49.7 Å². The molecule has 1 fully saturated rings. The first-order valence-electron chi connectivity index (χ1n) is 7.57. The molecule has 2 aromatic rings. The van der Waals surface area contributed by atoms with Gasteiger partial charge >= 0.3 is 0 Å². The number of aromatic nitrogens is 3. The fourth-order valence-corrected chi connectivity index (χ4v) is 2.79. The molecule has 3 N–H and O–H groups in total. The number of pyridine rings is 1. The highest BCUT2D eigenvalue weighted by molar-refractivity contribution is 5.75. The maximum absolute atomic E-state index is 9.76. The zero-order valence-electron chi connectivity index (χ0n) is 12.6. The average molecular weight is 289 g/mol. The van der Waals surface area contributed by atoms with Crippen LogP contribution in [0.2, 0.25) is 0 Å². The topological polar surface area (TPSA) is 75.0 Å². The van der Waals surface area contributed by atoms with E-state index in [0.29, 0.717) is 18.5 Å². The van der Waals surface area contributed by atoms with Crippen LogP contribution in [0.1, 0.15) is 25.5 Å². The van der Waals surface area contributed by atoms with Gasteiger partial charge in [0.25, 0.3) is 0 Å². The predicted molar refractivity (Wildman–Crippen MR) is 82.0 cm³/mol. The molecule has 21 heavy (non-hydrogen) atoms. The van der Waals surface area contributed by atoms with Gasteiger partial charge in [-0.2, -0.15) is 5.10 Å². The van der Waals surface area contributed by atoms with Crippen molar-refractivity contribution in [1.29, 1.82) is 0 Å². The quantitative estimate of drug-likeness (QED) is 0.755. The maximum Gasteiger partial charge on any atom is 0.157 e. The molecular weight excluding hydrogens is 266 g/mol.